The molecule has 14 unspecified atom stereocenters. The van der Waals surface area contributed by atoms with Crippen molar-refractivity contribution in [2.45, 2.75) is 539 Å². The van der Waals surface area contributed by atoms with Crippen LogP contribution in [-0.2, 0) is 114 Å². The maximum Gasteiger partial charge on any atom is 0.310 e. The number of hydrogen-bond donors (Lipinski definition) is 0. The summed E-state index contributed by atoms with van der Waals surface area (Å²) < 4.78 is 66.0. The zero-order valence-corrected chi connectivity index (χ0v) is 97.9. The van der Waals surface area contributed by atoms with Crippen LogP contribution in [0.25, 0.3) is 0 Å². The van der Waals surface area contributed by atoms with Crippen LogP contribution in [-0.4, -0.2) is 151 Å². The van der Waals surface area contributed by atoms with Crippen LogP contribution < -0.4 is 0 Å². The fourth-order valence-corrected chi connectivity index (χ4v) is 19.4. The van der Waals surface area contributed by atoms with E-state index in [2.05, 4.69) is 152 Å². The lowest BCUT2D eigenvalue weighted by Gasteiger charge is -2.41. The van der Waals surface area contributed by atoms with Gasteiger partial charge in [0.15, 0.2) is 0 Å². The molecule has 14 atom stereocenters. The summed E-state index contributed by atoms with van der Waals surface area (Å²) in [6.45, 7) is 55.6. The first-order valence-corrected chi connectivity index (χ1v) is 59.7. The molecule has 0 aliphatic rings. The quantitative estimate of drug-likeness (QED) is 0.0310. The van der Waals surface area contributed by atoms with Crippen LogP contribution in [0.1, 0.15) is 539 Å². The molecule has 0 aliphatic heterocycles. The van der Waals surface area contributed by atoms with Crippen molar-refractivity contribution in [2.75, 3.05) is 79.3 Å². The minimum Gasteiger partial charge on any atom is -0.466 e. The number of esters is 12. The van der Waals surface area contributed by atoms with E-state index < -0.39 is 60.4 Å². The molecular formula is C121H226O24. The summed E-state index contributed by atoms with van der Waals surface area (Å²) in [5.41, 5.74) is 0.537. The molecule has 0 rings (SSSR count). The second-order valence-corrected chi connectivity index (χ2v) is 41.6. The molecule has 0 fully saturated rings. The molecule has 0 spiro atoms. The fourth-order valence-electron chi connectivity index (χ4n) is 19.4. The van der Waals surface area contributed by atoms with E-state index in [9.17, 15) is 57.5 Å². The summed E-state index contributed by atoms with van der Waals surface area (Å²) in [5, 5.41) is 0. The first kappa shape index (κ1) is 145. The van der Waals surface area contributed by atoms with E-state index in [-0.39, 0.29) is 113 Å². The monoisotopic (exact) mass is 2060 g/mol. The Morgan fingerprint density at radius 2 is 0.366 bits per heavy atom. The van der Waals surface area contributed by atoms with Crippen LogP contribution in [0.2, 0.25) is 0 Å². The van der Waals surface area contributed by atoms with Crippen LogP contribution in [0.4, 0.5) is 0 Å². The lowest BCUT2D eigenvalue weighted by Crippen LogP contribution is -2.36. The third kappa shape index (κ3) is 78.5. The van der Waals surface area contributed by atoms with Gasteiger partial charge in [0.2, 0.25) is 0 Å². The number of hydrogen-bond acceptors (Lipinski definition) is 24. The number of carbonyl (C=O) groups excluding carboxylic acids is 12. The molecule has 0 saturated carbocycles. The number of carbonyl (C=O) groups is 12. The molecule has 0 aromatic carbocycles. The van der Waals surface area contributed by atoms with Crippen molar-refractivity contribution in [3.8, 4) is 0 Å². The van der Waals surface area contributed by atoms with Crippen molar-refractivity contribution >= 4 is 71.6 Å². The molecular weight excluding hydrogens is 1840 g/mol. The van der Waals surface area contributed by atoms with E-state index >= 15 is 0 Å². The Morgan fingerprint density at radius 3 is 0.531 bits per heavy atom. The van der Waals surface area contributed by atoms with Crippen molar-refractivity contribution in [2.24, 2.45) is 88.3 Å². The zero-order valence-electron chi connectivity index (χ0n) is 97.9. The summed E-state index contributed by atoms with van der Waals surface area (Å²) in [6.07, 6.45) is 46.5. The van der Waals surface area contributed by atoms with Gasteiger partial charge in [0.25, 0.3) is 0 Å². The van der Waals surface area contributed by atoms with E-state index in [1.54, 1.807) is 0 Å². The minimum absolute atomic E-state index is 0.00264. The molecule has 145 heavy (non-hydrogen) atoms. The average Bonchev–Trinajstić information content (AvgIpc) is 0.845. The van der Waals surface area contributed by atoms with E-state index in [1.165, 1.54) is 77.0 Å². The van der Waals surface area contributed by atoms with Crippen LogP contribution in [0.3, 0.4) is 0 Å². The second kappa shape index (κ2) is 101. The van der Waals surface area contributed by atoms with Gasteiger partial charge in [-0.25, -0.2) is 0 Å². The van der Waals surface area contributed by atoms with Gasteiger partial charge in [-0.1, -0.05) is 320 Å². The molecule has 0 N–H and O–H groups in total. The molecule has 0 aromatic heterocycles. The highest BCUT2D eigenvalue weighted by Gasteiger charge is 2.41. The first-order chi connectivity index (χ1) is 69.8. The molecule has 0 aliphatic carbocycles. The third-order valence-corrected chi connectivity index (χ3v) is 29.4. The lowest BCUT2D eigenvalue weighted by atomic mass is 9.65. The third-order valence-electron chi connectivity index (χ3n) is 29.4. The van der Waals surface area contributed by atoms with E-state index in [1.807, 2.05) is 13.8 Å². The summed E-state index contributed by atoms with van der Waals surface area (Å²) in [7, 11) is 0. The van der Waals surface area contributed by atoms with E-state index in [0.29, 0.717) is 209 Å². The highest BCUT2D eigenvalue weighted by atomic mass is 16.6. The summed E-state index contributed by atoms with van der Waals surface area (Å²) >= 11 is 0. The molecule has 0 aromatic rings. The SMILES string of the molecule is CCCC(CC)C(C)(C)C(CC)CCC.CCCC(CC)C(CC)CCC.CCCC(CC)COC(=O)CCCCCOC(=O)C(CC)C(CC)C(=O)OCCCCCC(=O)OCC(CC)CCC.CCCC(CC)COC(=O)CCCCCOC(=O)CC(C(=O)OCCCCCC(=O)OCC(CC)CCC)C(CC(=O)OCCCCCC(=O)OCC(CC)CCC)C(=O)OCCCCCC(=O)OCC(CC)CCC. The maximum absolute atomic E-state index is 14.0. The van der Waals surface area contributed by atoms with Gasteiger partial charge in [-0.05, 0) is 232 Å². The Labute approximate surface area is 887 Å². The van der Waals surface area contributed by atoms with Gasteiger partial charge in [0.1, 0.15) is 0 Å². The first-order valence-electron chi connectivity index (χ1n) is 59.7. The smallest absolute Gasteiger partial charge is 0.310 e. The second-order valence-electron chi connectivity index (χ2n) is 41.6. The van der Waals surface area contributed by atoms with Gasteiger partial charge in [-0.3, -0.25) is 57.5 Å². The molecule has 0 saturated heterocycles. The normalized spacial score (nSPS) is 14.2. The van der Waals surface area contributed by atoms with Crippen molar-refractivity contribution in [3.05, 3.63) is 0 Å². The molecule has 24 heteroatoms. The van der Waals surface area contributed by atoms with Gasteiger partial charge in [0, 0.05) is 38.5 Å². The number of unbranched alkanes of at least 4 members (excludes halogenated alkanes) is 12. The molecule has 0 amide bonds. The summed E-state index contributed by atoms with van der Waals surface area (Å²) in [5.74, 6) is -3.45. The average molecular weight is 2070 g/mol. The highest BCUT2D eigenvalue weighted by Crippen LogP contribution is 2.44. The van der Waals surface area contributed by atoms with E-state index in [0.717, 1.165) is 152 Å². The standard InChI is InChI=1S/C60H106O16.C34H62O8.C15H32.C12H26/c1-9-29-47(13-5)43-73-53(61)33-21-17-25-37-69-57(65)41-51(59(67)71-39-27-19-23-35-55(63)75-45-49(15-7)31-11-3)52(60(68)72-40-28-20-24-36-56(64)76-46-50(16-8)32-12-4)42-58(66)70-38-26-18-22-34-54(62)74-44-48(14-6)30-10-2;1-7-19-27(9-3)25-41-31(35)21-15-13-17-23-39-33(37)29(11-5)30(12-6)34(38)40-24-18-14-16-22-32(36)42-26-28(10-4)20-8-2;1-7-11-13(9-3)15(5,6)14(10-4)12-8-2;1-5-9-11(7-3)12(8-4)10-6-2/h47-52H,9-46H2,1-8H3;27-30H,7-26H2,1-6H3;13-14H,7-12H2,1-6H3;11-12H,5-10H2,1-4H3. The van der Waals surface area contributed by atoms with Gasteiger partial charge in [-0.2, -0.15) is 0 Å². The van der Waals surface area contributed by atoms with Gasteiger partial charge in [0.05, 0.1) is 116 Å². The van der Waals surface area contributed by atoms with Crippen molar-refractivity contribution in [3.63, 3.8) is 0 Å². The Kier molecular flexibility index (Phi) is 101. The predicted molar refractivity (Wildman–Crippen MR) is 587 cm³/mol. The molecule has 0 radical (unpaired) electrons. The van der Waals surface area contributed by atoms with Gasteiger partial charge in [-0.15, -0.1) is 0 Å². The highest BCUT2D eigenvalue weighted by molar-refractivity contribution is 5.89. The Hall–Kier alpha value is -6.36. The minimum atomic E-state index is -1.46. The largest absolute Gasteiger partial charge is 0.466 e. The summed E-state index contributed by atoms with van der Waals surface area (Å²) in [4.78, 5) is 154. The molecule has 0 bridgehead atoms. The number of rotatable bonds is 93. The molecule has 854 valence electrons. The van der Waals surface area contributed by atoms with Crippen LogP contribution in [0.5, 0.6) is 0 Å². The van der Waals surface area contributed by atoms with Gasteiger partial charge >= 0.3 is 71.6 Å². The van der Waals surface area contributed by atoms with Crippen molar-refractivity contribution < 1.29 is 114 Å². The Balaban J connectivity index is -0.00000118. The van der Waals surface area contributed by atoms with Crippen LogP contribution in [0.15, 0.2) is 0 Å². The van der Waals surface area contributed by atoms with Crippen molar-refractivity contribution in [1.29, 1.82) is 0 Å². The Morgan fingerprint density at radius 1 is 0.179 bits per heavy atom. The Bertz CT molecular complexity index is 2940. The topological polar surface area (TPSA) is 316 Å². The number of ether oxygens (including phenoxy) is 12. The molecule has 0 heterocycles. The van der Waals surface area contributed by atoms with Gasteiger partial charge < -0.3 is 56.8 Å². The van der Waals surface area contributed by atoms with Crippen LogP contribution in [0, 0.1) is 88.3 Å². The fraction of sp³-hybridized carbons (Fsp3) is 0.901. The van der Waals surface area contributed by atoms with Crippen molar-refractivity contribution in [1.82, 2.24) is 0 Å². The van der Waals surface area contributed by atoms with E-state index in [4.69, 9.17) is 56.8 Å². The predicted octanol–water partition coefficient (Wildman–Crippen LogP) is 31.2. The van der Waals surface area contributed by atoms with Crippen LogP contribution >= 0.6 is 0 Å². The summed E-state index contributed by atoms with van der Waals surface area (Å²) in [6, 6.07) is 0. The lowest BCUT2D eigenvalue weighted by molar-refractivity contribution is -0.167. The maximum atomic E-state index is 14.0. The molecule has 24 nitrogen and oxygen atoms in total. The zero-order chi connectivity index (χ0) is 109.